The number of ether oxygens (including phenoxy) is 1. The van der Waals surface area contributed by atoms with E-state index in [1.165, 1.54) is 32.1 Å². The Labute approximate surface area is 141 Å². The Hall–Kier alpha value is -1.51. The van der Waals surface area contributed by atoms with Gasteiger partial charge in [0.25, 0.3) is 0 Å². The number of aromatic hydroxyl groups is 1. The van der Waals surface area contributed by atoms with E-state index in [1.54, 1.807) is 0 Å². The molecule has 1 N–H and O–H groups in total. The summed E-state index contributed by atoms with van der Waals surface area (Å²) in [6.07, 6.45) is 8.48. The second kappa shape index (κ2) is 10.3. The van der Waals surface area contributed by atoms with E-state index in [0.717, 1.165) is 29.5 Å². The molecular formula is C20H32O3. The molecule has 0 bridgehead atoms. The molecule has 0 aliphatic carbocycles. The molecule has 130 valence electrons. The van der Waals surface area contributed by atoms with Crippen molar-refractivity contribution >= 4 is 5.97 Å². The number of aryl methyl sites for hydroxylation is 2. The maximum absolute atomic E-state index is 12.1. The Morgan fingerprint density at radius 3 is 2.13 bits per heavy atom. The van der Waals surface area contributed by atoms with Gasteiger partial charge < -0.3 is 9.84 Å². The SMILES string of the molecule is CCCCCCCCCOC(=O)C(C)c1cc(C)c(O)c(C)c1. The number of rotatable bonds is 10. The largest absolute Gasteiger partial charge is 0.507 e. The molecule has 1 unspecified atom stereocenters. The molecule has 0 radical (unpaired) electrons. The lowest BCUT2D eigenvalue weighted by atomic mass is 9.96. The summed E-state index contributed by atoms with van der Waals surface area (Å²) < 4.78 is 5.39. The zero-order chi connectivity index (χ0) is 17.2. The number of phenolic OH excluding ortho intramolecular Hbond substituents is 1. The first-order valence-electron chi connectivity index (χ1n) is 8.94. The van der Waals surface area contributed by atoms with Crippen molar-refractivity contribution in [3.05, 3.63) is 28.8 Å². The number of esters is 1. The van der Waals surface area contributed by atoms with Crippen LogP contribution in [0.5, 0.6) is 5.75 Å². The molecule has 0 aliphatic heterocycles. The van der Waals surface area contributed by atoms with E-state index in [4.69, 9.17) is 4.74 Å². The normalized spacial score (nSPS) is 12.2. The standard InChI is InChI=1S/C20H32O3/c1-5-6-7-8-9-10-11-12-23-20(22)17(4)18-13-15(2)19(21)16(3)14-18/h13-14,17,21H,5-12H2,1-4H3. The molecule has 3 nitrogen and oxygen atoms in total. The van der Waals surface area contributed by atoms with E-state index in [1.807, 2.05) is 32.9 Å². The van der Waals surface area contributed by atoms with E-state index in [2.05, 4.69) is 6.92 Å². The van der Waals surface area contributed by atoms with Gasteiger partial charge in [-0.25, -0.2) is 0 Å². The van der Waals surface area contributed by atoms with Gasteiger partial charge in [-0.1, -0.05) is 57.6 Å². The fraction of sp³-hybridized carbons (Fsp3) is 0.650. The Morgan fingerprint density at radius 2 is 1.57 bits per heavy atom. The van der Waals surface area contributed by atoms with Crippen molar-refractivity contribution in [2.75, 3.05) is 6.61 Å². The number of benzene rings is 1. The molecule has 3 heteroatoms. The predicted molar refractivity (Wildman–Crippen MR) is 94.9 cm³/mol. The average Bonchev–Trinajstić information content (AvgIpc) is 2.53. The van der Waals surface area contributed by atoms with Crippen molar-refractivity contribution in [2.24, 2.45) is 0 Å². The number of hydrogen-bond donors (Lipinski definition) is 1. The molecule has 1 atom stereocenters. The van der Waals surface area contributed by atoms with Gasteiger partial charge in [-0.05, 0) is 43.9 Å². The second-order valence-corrected chi connectivity index (χ2v) is 6.51. The second-order valence-electron chi connectivity index (χ2n) is 6.51. The van der Waals surface area contributed by atoms with E-state index >= 15 is 0 Å². The highest BCUT2D eigenvalue weighted by Gasteiger charge is 2.18. The van der Waals surface area contributed by atoms with Crippen LogP contribution in [0.2, 0.25) is 0 Å². The predicted octanol–water partition coefficient (Wildman–Crippen LogP) is 5.41. The quantitative estimate of drug-likeness (QED) is 0.463. The number of hydrogen-bond acceptors (Lipinski definition) is 3. The van der Waals surface area contributed by atoms with Crippen LogP contribution in [-0.4, -0.2) is 17.7 Å². The molecule has 0 aromatic heterocycles. The van der Waals surface area contributed by atoms with Gasteiger partial charge in [0.2, 0.25) is 0 Å². The molecule has 1 rings (SSSR count). The van der Waals surface area contributed by atoms with Crippen LogP contribution in [0.15, 0.2) is 12.1 Å². The van der Waals surface area contributed by atoms with Crippen LogP contribution in [0.3, 0.4) is 0 Å². The van der Waals surface area contributed by atoms with Gasteiger partial charge in [-0.2, -0.15) is 0 Å². The van der Waals surface area contributed by atoms with Gasteiger partial charge in [0.15, 0.2) is 0 Å². The van der Waals surface area contributed by atoms with E-state index in [-0.39, 0.29) is 11.9 Å². The van der Waals surface area contributed by atoms with E-state index < -0.39 is 0 Å². The van der Waals surface area contributed by atoms with Gasteiger partial charge in [-0.15, -0.1) is 0 Å². The third-order valence-corrected chi connectivity index (χ3v) is 4.36. The van der Waals surface area contributed by atoms with Gasteiger partial charge in [0.1, 0.15) is 5.75 Å². The Morgan fingerprint density at radius 1 is 1.04 bits per heavy atom. The van der Waals surface area contributed by atoms with Crippen LogP contribution >= 0.6 is 0 Å². The molecule has 0 aliphatic rings. The summed E-state index contributed by atoms with van der Waals surface area (Å²) in [5, 5.41) is 9.81. The lowest BCUT2D eigenvalue weighted by Crippen LogP contribution is -2.14. The number of phenols is 1. The minimum Gasteiger partial charge on any atom is -0.507 e. The highest BCUT2D eigenvalue weighted by atomic mass is 16.5. The summed E-state index contributed by atoms with van der Waals surface area (Å²) >= 11 is 0. The van der Waals surface area contributed by atoms with E-state index in [0.29, 0.717) is 12.4 Å². The summed E-state index contributed by atoms with van der Waals surface area (Å²) in [5.41, 5.74) is 2.50. The fourth-order valence-electron chi connectivity index (χ4n) is 2.73. The highest BCUT2D eigenvalue weighted by Crippen LogP contribution is 2.27. The first-order chi connectivity index (χ1) is 11.0. The monoisotopic (exact) mass is 320 g/mol. The first kappa shape index (κ1) is 19.5. The smallest absolute Gasteiger partial charge is 0.313 e. The number of carbonyl (C=O) groups is 1. The van der Waals surface area contributed by atoms with E-state index in [9.17, 15) is 9.90 Å². The van der Waals surface area contributed by atoms with Crippen LogP contribution in [-0.2, 0) is 9.53 Å². The maximum atomic E-state index is 12.1. The summed E-state index contributed by atoms with van der Waals surface area (Å²) in [7, 11) is 0. The summed E-state index contributed by atoms with van der Waals surface area (Å²) in [4.78, 5) is 12.1. The summed E-state index contributed by atoms with van der Waals surface area (Å²) in [5.74, 6) is -0.171. The summed E-state index contributed by atoms with van der Waals surface area (Å²) in [6, 6.07) is 3.73. The first-order valence-corrected chi connectivity index (χ1v) is 8.94. The third-order valence-electron chi connectivity index (χ3n) is 4.36. The Kier molecular flexibility index (Phi) is 8.75. The number of carbonyl (C=O) groups excluding carboxylic acids is 1. The minimum absolute atomic E-state index is 0.180. The molecule has 0 fully saturated rings. The average molecular weight is 320 g/mol. The van der Waals surface area contributed by atoms with Crippen molar-refractivity contribution in [2.45, 2.75) is 78.6 Å². The lowest BCUT2D eigenvalue weighted by molar-refractivity contribution is -0.145. The fourth-order valence-corrected chi connectivity index (χ4v) is 2.73. The molecule has 0 spiro atoms. The zero-order valence-corrected chi connectivity index (χ0v) is 15.2. The molecule has 0 amide bonds. The number of unbranched alkanes of at least 4 members (excludes halogenated alkanes) is 6. The van der Waals surface area contributed by atoms with Gasteiger partial charge in [-0.3, -0.25) is 4.79 Å². The van der Waals surface area contributed by atoms with Crippen molar-refractivity contribution in [3.63, 3.8) is 0 Å². The lowest BCUT2D eigenvalue weighted by Gasteiger charge is -2.14. The molecule has 0 saturated heterocycles. The molecular weight excluding hydrogens is 288 g/mol. The van der Waals surface area contributed by atoms with Crippen molar-refractivity contribution in [3.8, 4) is 5.75 Å². The third kappa shape index (κ3) is 6.64. The van der Waals surface area contributed by atoms with Crippen LogP contribution in [0.1, 0.15) is 81.4 Å². The summed E-state index contributed by atoms with van der Waals surface area (Å²) in [6.45, 7) is 8.29. The maximum Gasteiger partial charge on any atom is 0.313 e. The van der Waals surface area contributed by atoms with Gasteiger partial charge in [0.05, 0.1) is 12.5 Å². The Bertz CT molecular complexity index is 471. The van der Waals surface area contributed by atoms with Crippen LogP contribution in [0.25, 0.3) is 0 Å². The molecule has 0 heterocycles. The molecule has 1 aromatic rings. The van der Waals surface area contributed by atoms with Gasteiger partial charge in [0, 0.05) is 0 Å². The van der Waals surface area contributed by atoms with Crippen LogP contribution in [0.4, 0.5) is 0 Å². The zero-order valence-electron chi connectivity index (χ0n) is 15.2. The van der Waals surface area contributed by atoms with Crippen molar-refractivity contribution in [1.82, 2.24) is 0 Å². The molecule has 0 saturated carbocycles. The van der Waals surface area contributed by atoms with Crippen molar-refractivity contribution < 1.29 is 14.6 Å². The molecule has 1 aromatic carbocycles. The highest BCUT2D eigenvalue weighted by molar-refractivity contribution is 5.78. The topological polar surface area (TPSA) is 46.5 Å². The minimum atomic E-state index is -0.294. The van der Waals surface area contributed by atoms with Gasteiger partial charge >= 0.3 is 5.97 Å². The Balaban J connectivity index is 2.32. The molecule has 23 heavy (non-hydrogen) atoms. The van der Waals surface area contributed by atoms with Crippen LogP contribution < -0.4 is 0 Å². The van der Waals surface area contributed by atoms with Crippen molar-refractivity contribution in [1.29, 1.82) is 0 Å². The van der Waals surface area contributed by atoms with Crippen LogP contribution in [0, 0.1) is 13.8 Å².